The first kappa shape index (κ1) is 16.1. The van der Waals surface area contributed by atoms with Gasteiger partial charge in [-0.15, -0.1) is 0 Å². The Kier molecular flexibility index (Phi) is 4.01. The Bertz CT molecular complexity index is 1110. The molecule has 0 spiro atoms. The molecule has 0 saturated carbocycles. The van der Waals surface area contributed by atoms with E-state index in [0.29, 0.717) is 5.56 Å². The molecule has 0 saturated heterocycles. The van der Waals surface area contributed by atoms with Crippen molar-refractivity contribution in [2.75, 3.05) is 7.11 Å². The third-order valence-electron chi connectivity index (χ3n) is 4.48. The summed E-state index contributed by atoms with van der Waals surface area (Å²) in [5, 5.41) is 1.05. The molecule has 4 nitrogen and oxygen atoms in total. The quantitative estimate of drug-likeness (QED) is 0.534. The van der Waals surface area contributed by atoms with Crippen molar-refractivity contribution in [1.29, 1.82) is 0 Å². The van der Waals surface area contributed by atoms with Gasteiger partial charge < -0.3 is 9.72 Å². The average Bonchev–Trinajstić information content (AvgIpc) is 3.10. The van der Waals surface area contributed by atoms with Gasteiger partial charge in [-0.25, -0.2) is 9.78 Å². The second-order valence-corrected chi connectivity index (χ2v) is 6.26. The Morgan fingerprint density at radius 1 is 1.00 bits per heavy atom. The Hall–Kier alpha value is -3.40. The van der Waals surface area contributed by atoms with E-state index in [0.717, 1.165) is 33.3 Å². The number of aromatic nitrogens is 2. The number of hydrogen-bond acceptors (Lipinski definition) is 3. The lowest BCUT2D eigenvalue weighted by Gasteiger charge is -2.06. The molecule has 4 rings (SSSR count). The summed E-state index contributed by atoms with van der Waals surface area (Å²) in [6.45, 7) is 2.08. The van der Waals surface area contributed by atoms with Gasteiger partial charge >= 0.3 is 5.97 Å². The van der Waals surface area contributed by atoms with Crippen LogP contribution in [0.4, 0.5) is 0 Å². The van der Waals surface area contributed by atoms with Crippen molar-refractivity contribution < 1.29 is 9.53 Å². The summed E-state index contributed by atoms with van der Waals surface area (Å²) in [7, 11) is 1.39. The molecule has 0 radical (unpaired) electrons. The number of esters is 1. The van der Waals surface area contributed by atoms with Gasteiger partial charge in [-0.05, 0) is 36.2 Å². The van der Waals surface area contributed by atoms with E-state index in [1.165, 1.54) is 12.7 Å². The highest BCUT2D eigenvalue weighted by Crippen LogP contribution is 2.31. The summed E-state index contributed by atoms with van der Waals surface area (Å²) < 4.78 is 4.81. The fourth-order valence-electron chi connectivity index (χ4n) is 3.16. The number of benzene rings is 2. The third-order valence-corrected chi connectivity index (χ3v) is 4.48. The second-order valence-electron chi connectivity index (χ2n) is 6.26. The minimum Gasteiger partial charge on any atom is -0.465 e. The smallest absolute Gasteiger partial charge is 0.337 e. The predicted octanol–water partition coefficient (Wildman–Crippen LogP) is 4.99. The molecule has 2 aromatic carbocycles. The van der Waals surface area contributed by atoms with Gasteiger partial charge in [0.2, 0.25) is 0 Å². The minimum absolute atomic E-state index is 0.344. The molecule has 0 fully saturated rings. The summed E-state index contributed by atoms with van der Waals surface area (Å²) in [5.41, 5.74) is 6.73. The summed E-state index contributed by atoms with van der Waals surface area (Å²) in [6.07, 6.45) is 3.80. The van der Waals surface area contributed by atoms with Gasteiger partial charge in [0.25, 0.3) is 0 Å². The zero-order chi connectivity index (χ0) is 18.1. The number of carbonyl (C=O) groups excluding carboxylic acids is 1. The number of nitrogens with zero attached hydrogens (tertiary/aromatic N) is 1. The topological polar surface area (TPSA) is 55.0 Å². The molecule has 0 atom stereocenters. The van der Waals surface area contributed by atoms with E-state index in [-0.39, 0.29) is 5.97 Å². The standard InChI is InChI=1S/C22H18N2O2/c1-14-5-3-7-16(9-14)20-13-24-21-19(20)11-18(12-23-21)15-6-4-8-17(10-15)22(25)26-2/h3-13H,1-2H3,(H,23,24). The first-order chi connectivity index (χ1) is 12.7. The summed E-state index contributed by atoms with van der Waals surface area (Å²) in [6, 6.07) is 17.9. The lowest BCUT2D eigenvalue weighted by Crippen LogP contribution is -2.00. The number of nitrogens with one attached hydrogen (secondary N) is 1. The number of methoxy groups -OCH3 is 1. The summed E-state index contributed by atoms with van der Waals surface area (Å²) >= 11 is 0. The predicted molar refractivity (Wildman–Crippen MR) is 103 cm³/mol. The van der Waals surface area contributed by atoms with Crippen LogP contribution in [0, 0.1) is 6.92 Å². The molecular weight excluding hydrogens is 324 g/mol. The van der Waals surface area contributed by atoms with Gasteiger partial charge in [0.05, 0.1) is 12.7 Å². The lowest BCUT2D eigenvalue weighted by atomic mass is 10.0. The average molecular weight is 342 g/mol. The van der Waals surface area contributed by atoms with E-state index in [2.05, 4.69) is 47.2 Å². The fraction of sp³-hybridized carbons (Fsp3) is 0.0909. The van der Waals surface area contributed by atoms with Crippen LogP contribution in [0.5, 0.6) is 0 Å². The SMILES string of the molecule is COC(=O)c1cccc(-c2cnc3[nH]cc(-c4cccc(C)c4)c3c2)c1. The number of H-pyrrole nitrogens is 1. The number of rotatable bonds is 3. The number of carbonyl (C=O) groups is 1. The highest BCUT2D eigenvalue weighted by molar-refractivity contribution is 5.96. The molecule has 26 heavy (non-hydrogen) atoms. The molecule has 4 aromatic rings. The maximum Gasteiger partial charge on any atom is 0.337 e. The normalized spacial score (nSPS) is 10.8. The van der Waals surface area contributed by atoms with E-state index < -0.39 is 0 Å². The van der Waals surface area contributed by atoms with Crippen LogP contribution >= 0.6 is 0 Å². The van der Waals surface area contributed by atoms with Crippen LogP contribution in [0.3, 0.4) is 0 Å². The molecule has 128 valence electrons. The van der Waals surface area contributed by atoms with E-state index in [1.807, 2.05) is 30.6 Å². The number of aryl methyl sites for hydroxylation is 1. The molecule has 0 aliphatic heterocycles. The van der Waals surface area contributed by atoms with Crippen LogP contribution < -0.4 is 0 Å². The molecular formula is C22H18N2O2. The molecule has 0 aliphatic rings. The van der Waals surface area contributed by atoms with Crippen molar-refractivity contribution >= 4 is 17.0 Å². The Balaban J connectivity index is 1.83. The number of hydrogen-bond donors (Lipinski definition) is 1. The lowest BCUT2D eigenvalue weighted by molar-refractivity contribution is 0.0601. The summed E-state index contributed by atoms with van der Waals surface area (Å²) in [4.78, 5) is 19.6. The van der Waals surface area contributed by atoms with E-state index in [9.17, 15) is 4.79 Å². The van der Waals surface area contributed by atoms with Gasteiger partial charge in [-0.3, -0.25) is 0 Å². The van der Waals surface area contributed by atoms with Crippen molar-refractivity contribution in [2.45, 2.75) is 6.92 Å². The largest absolute Gasteiger partial charge is 0.465 e. The highest BCUT2D eigenvalue weighted by Gasteiger charge is 2.11. The summed E-state index contributed by atoms with van der Waals surface area (Å²) in [5.74, 6) is -0.344. The zero-order valence-corrected chi connectivity index (χ0v) is 14.6. The van der Waals surface area contributed by atoms with Gasteiger partial charge in [-0.1, -0.05) is 42.0 Å². The van der Waals surface area contributed by atoms with E-state index in [1.54, 1.807) is 6.07 Å². The third kappa shape index (κ3) is 2.86. The van der Waals surface area contributed by atoms with Crippen LogP contribution in [0.2, 0.25) is 0 Å². The monoisotopic (exact) mass is 342 g/mol. The van der Waals surface area contributed by atoms with Gasteiger partial charge in [0, 0.05) is 28.9 Å². The Morgan fingerprint density at radius 3 is 2.62 bits per heavy atom. The van der Waals surface area contributed by atoms with Crippen molar-refractivity contribution in [3.8, 4) is 22.3 Å². The van der Waals surface area contributed by atoms with Crippen LogP contribution in [-0.4, -0.2) is 23.0 Å². The van der Waals surface area contributed by atoms with Crippen LogP contribution in [0.1, 0.15) is 15.9 Å². The molecule has 0 unspecified atom stereocenters. The Labute approximate surface area is 151 Å². The molecule has 2 aromatic heterocycles. The van der Waals surface area contributed by atoms with Crippen molar-refractivity contribution in [1.82, 2.24) is 9.97 Å². The first-order valence-electron chi connectivity index (χ1n) is 8.38. The van der Waals surface area contributed by atoms with E-state index >= 15 is 0 Å². The maximum absolute atomic E-state index is 11.8. The van der Waals surface area contributed by atoms with Crippen LogP contribution in [0.25, 0.3) is 33.3 Å². The molecule has 4 heteroatoms. The maximum atomic E-state index is 11.8. The van der Waals surface area contributed by atoms with Crippen molar-refractivity contribution in [2.24, 2.45) is 0 Å². The molecule has 0 aliphatic carbocycles. The molecule has 2 heterocycles. The van der Waals surface area contributed by atoms with E-state index in [4.69, 9.17) is 4.74 Å². The van der Waals surface area contributed by atoms with Gasteiger partial charge in [0.15, 0.2) is 0 Å². The number of aromatic amines is 1. The number of pyridine rings is 1. The minimum atomic E-state index is -0.344. The van der Waals surface area contributed by atoms with Crippen LogP contribution in [0.15, 0.2) is 67.0 Å². The molecule has 1 N–H and O–H groups in total. The highest BCUT2D eigenvalue weighted by atomic mass is 16.5. The fourth-order valence-corrected chi connectivity index (χ4v) is 3.16. The van der Waals surface area contributed by atoms with Crippen molar-refractivity contribution in [3.63, 3.8) is 0 Å². The molecule has 0 amide bonds. The Morgan fingerprint density at radius 2 is 1.81 bits per heavy atom. The van der Waals surface area contributed by atoms with Gasteiger partial charge in [-0.2, -0.15) is 0 Å². The molecule has 0 bridgehead atoms. The number of ether oxygens (including phenoxy) is 1. The first-order valence-corrected chi connectivity index (χ1v) is 8.38. The number of fused-ring (bicyclic) bond motifs is 1. The zero-order valence-electron chi connectivity index (χ0n) is 14.6. The van der Waals surface area contributed by atoms with Gasteiger partial charge in [0.1, 0.15) is 5.65 Å². The second kappa shape index (κ2) is 6.48. The van der Waals surface area contributed by atoms with Crippen LogP contribution in [-0.2, 0) is 4.74 Å². The van der Waals surface area contributed by atoms with Crippen molar-refractivity contribution in [3.05, 3.63) is 78.1 Å².